The van der Waals surface area contributed by atoms with Crippen LogP contribution in [0.25, 0.3) is 0 Å². The SMILES string of the molecule is CCCOC(=O)C(C)=C(Br)Br. The summed E-state index contributed by atoms with van der Waals surface area (Å²) in [4.78, 5) is 11.0. The van der Waals surface area contributed by atoms with E-state index in [1.54, 1.807) is 6.92 Å². The van der Waals surface area contributed by atoms with Crippen LogP contribution < -0.4 is 0 Å². The molecule has 0 saturated heterocycles. The fourth-order valence-electron chi connectivity index (χ4n) is 0.380. The van der Waals surface area contributed by atoms with Gasteiger partial charge in [0.2, 0.25) is 0 Å². The Labute approximate surface area is 83.2 Å². The molecule has 0 unspecified atom stereocenters. The lowest BCUT2D eigenvalue weighted by Gasteiger charge is -2.02. The molecule has 0 bridgehead atoms. The molecule has 0 N–H and O–H groups in total. The van der Waals surface area contributed by atoms with E-state index < -0.39 is 0 Å². The maximum Gasteiger partial charge on any atom is 0.335 e. The molecule has 64 valence electrons. The van der Waals surface area contributed by atoms with E-state index in [2.05, 4.69) is 31.9 Å². The molecule has 0 atom stereocenters. The summed E-state index contributed by atoms with van der Waals surface area (Å²) in [5.41, 5.74) is 0.554. The molecule has 0 rings (SSSR count). The van der Waals surface area contributed by atoms with E-state index in [0.717, 1.165) is 6.42 Å². The van der Waals surface area contributed by atoms with Gasteiger partial charge in [0.15, 0.2) is 0 Å². The van der Waals surface area contributed by atoms with Crippen LogP contribution in [0, 0.1) is 0 Å². The molecule has 0 saturated carbocycles. The number of halogens is 2. The van der Waals surface area contributed by atoms with Crippen molar-refractivity contribution in [3.05, 3.63) is 8.96 Å². The van der Waals surface area contributed by atoms with Gasteiger partial charge in [-0.1, -0.05) is 6.92 Å². The molecule has 4 heteroatoms. The number of esters is 1. The van der Waals surface area contributed by atoms with Gasteiger partial charge in [-0.05, 0) is 45.2 Å². The summed E-state index contributed by atoms with van der Waals surface area (Å²) < 4.78 is 5.50. The Hall–Kier alpha value is 0.170. The lowest BCUT2D eigenvalue weighted by atomic mass is 10.4. The highest BCUT2D eigenvalue weighted by atomic mass is 79.9. The van der Waals surface area contributed by atoms with Gasteiger partial charge >= 0.3 is 5.97 Å². The molecule has 11 heavy (non-hydrogen) atoms. The van der Waals surface area contributed by atoms with E-state index >= 15 is 0 Å². The lowest BCUT2D eigenvalue weighted by Crippen LogP contribution is -2.06. The van der Waals surface area contributed by atoms with Crippen molar-refractivity contribution in [1.82, 2.24) is 0 Å². The van der Waals surface area contributed by atoms with E-state index in [4.69, 9.17) is 4.74 Å². The van der Waals surface area contributed by atoms with E-state index in [1.807, 2.05) is 6.92 Å². The second kappa shape index (κ2) is 5.77. The van der Waals surface area contributed by atoms with Gasteiger partial charge in [0, 0.05) is 0 Å². The number of carbonyl (C=O) groups excluding carboxylic acids is 1. The third-order valence-corrected chi connectivity index (χ3v) is 2.22. The Bertz CT molecular complexity index is 171. The molecule has 0 amide bonds. The largest absolute Gasteiger partial charge is 0.462 e. The van der Waals surface area contributed by atoms with Gasteiger partial charge in [-0.3, -0.25) is 0 Å². The Balaban J connectivity index is 3.95. The first-order valence-electron chi connectivity index (χ1n) is 3.28. The average Bonchev–Trinajstić information content (AvgIpc) is 1.98. The summed E-state index contributed by atoms with van der Waals surface area (Å²) in [6.45, 7) is 4.12. The molecule has 0 heterocycles. The summed E-state index contributed by atoms with van der Waals surface area (Å²) in [6, 6.07) is 0. The number of rotatable bonds is 3. The summed E-state index contributed by atoms with van der Waals surface area (Å²) in [5, 5.41) is 0. The molecule has 0 aliphatic carbocycles. The molecule has 0 aromatic heterocycles. The van der Waals surface area contributed by atoms with Crippen LogP contribution in [0.5, 0.6) is 0 Å². The van der Waals surface area contributed by atoms with Crippen molar-refractivity contribution in [1.29, 1.82) is 0 Å². The van der Waals surface area contributed by atoms with Gasteiger partial charge in [0.05, 0.1) is 15.6 Å². The maximum absolute atomic E-state index is 11.0. The van der Waals surface area contributed by atoms with E-state index in [-0.39, 0.29) is 5.97 Å². The predicted molar refractivity (Wildman–Crippen MR) is 51.8 cm³/mol. The molecule has 2 nitrogen and oxygen atoms in total. The monoisotopic (exact) mass is 284 g/mol. The zero-order valence-corrected chi connectivity index (χ0v) is 9.66. The topological polar surface area (TPSA) is 26.3 Å². The highest BCUT2D eigenvalue weighted by molar-refractivity contribution is 9.28. The van der Waals surface area contributed by atoms with Crippen LogP contribution in [0.1, 0.15) is 20.3 Å². The van der Waals surface area contributed by atoms with Crippen molar-refractivity contribution in [3.63, 3.8) is 0 Å². The van der Waals surface area contributed by atoms with Crippen LogP contribution in [-0.4, -0.2) is 12.6 Å². The highest BCUT2D eigenvalue weighted by Gasteiger charge is 2.07. The van der Waals surface area contributed by atoms with Crippen molar-refractivity contribution < 1.29 is 9.53 Å². The molecule has 0 spiro atoms. The lowest BCUT2D eigenvalue weighted by molar-refractivity contribution is -0.138. The third kappa shape index (κ3) is 4.58. The first-order chi connectivity index (χ1) is 5.09. The smallest absolute Gasteiger partial charge is 0.335 e. The van der Waals surface area contributed by atoms with Gasteiger partial charge in [0.1, 0.15) is 0 Å². The minimum absolute atomic E-state index is 0.282. The fourth-order valence-corrected chi connectivity index (χ4v) is 0.704. The predicted octanol–water partition coefficient (Wildman–Crippen LogP) is 2.96. The van der Waals surface area contributed by atoms with Crippen molar-refractivity contribution >= 4 is 37.8 Å². The van der Waals surface area contributed by atoms with Crippen LogP contribution in [0.15, 0.2) is 8.96 Å². The van der Waals surface area contributed by atoms with E-state index in [1.165, 1.54) is 0 Å². The zero-order chi connectivity index (χ0) is 8.85. The van der Waals surface area contributed by atoms with Gasteiger partial charge in [0.25, 0.3) is 0 Å². The Kier molecular flexibility index (Phi) is 5.86. The molecular formula is C7H10Br2O2. The second-order valence-corrected chi connectivity index (χ2v) is 4.67. The molecule has 0 aliphatic heterocycles. The zero-order valence-electron chi connectivity index (χ0n) is 6.49. The third-order valence-electron chi connectivity index (χ3n) is 1.03. The Morgan fingerprint density at radius 1 is 1.45 bits per heavy atom. The maximum atomic E-state index is 11.0. The van der Waals surface area contributed by atoms with Crippen LogP contribution in [0.2, 0.25) is 0 Å². The highest BCUT2D eigenvalue weighted by Crippen LogP contribution is 2.19. The molecule has 0 aromatic rings. The van der Waals surface area contributed by atoms with E-state index in [9.17, 15) is 4.79 Å². The molecule has 0 fully saturated rings. The quantitative estimate of drug-likeness (QED) is 0.589. The van der Waals surface area contributed by atoms with E-state index in [0.29, 0.717) is 15.6 Å². The van der Waals surface area contributed by atoms with Gasteiger partial charge in [-0.25, -0.2) is 4.79 Å². The minimum atomic E-state index is -0.282. The summed E-state index contributed by atoms with van der Waals surface area (Å²) in [6.07, 6.45) is 0.846. The summed E-state index contributed by atoms with van der Waals surface area (Å²) in [5.74, 6) is -0.282. The summed E-state index contributed by atoms with van der Waals surface area (Å²) >= 11 is 6.26. The van der Waals surface area contributed by atoms with Crippen molar-refractivity contribution in [3.8, 4) is 0 Å². The van der Waals surface area contributed by atoms with Gasteiger partial charge < -0.3 is 4.74 Å². The normalized spacial score (nSPS) is 9.09. The molecule has 0 aliphatic rings. The number of hydrogen-bond acceptors (Lipinski definition) is 2. The number of ether oxygens (including phenoxy) is 1. The number of hydrogen-bond donors (Lipinski definition) is 0. The van der Waals surface area contributed by atoms with Crippen LogP contribution >= 0.6 is 31.9 Å². The van der Waals surface area contributed by atoms with Gasteiger partial charge in [-0.2, -0.15) is 0 Å². The van der Waals surface area contributed by atoms with Crippen LogP contribution in [-0.2, 0) is 9.53 Å². The van der Waals surface area contributed by atoms with Crippen molar-refractivity contribution in [2.75, 3.05) is 6.61 Å². The first-order valence-corrected chi connectivity index (χ1v) is 4.87. The van der Waals surface area contributed by atoms with Crippen molar-refractivity contribution in [2.24, 2.45) is 0 Å². The first kappa shape index (κ1) is 11.2. The standard InChI is InChI=1S/C7H10Br2O2/c1-3-4-11-7(10)5(2)6(8)9/h3-4H2,1-2H3. The molecule has 0 aromatic carbocycles. The van der Waals surface area contributed by atoms with Crippen molar-refractivity contribution in [2.45, 2.75) is 20.3 Å². The molecular weight excluding hydrogens is 276 g/mol. The fraction of sp³-hybridized carbons (Fsp3) is 0.571. The van der Waals surface area contributed by atoms with Crippen LogP contribution in [0.3, 0.4) is 0 Å². The summed E-state index contributed by atoms with van der Waals surface area (Å²) in [7, 11) is 0. The average molecular weight is 286 g/mol. The number of carbonyl (C=O) groups is 1. The van der Waals surface area contributed by atoms with Crippen LogP contribution in [0.4, 0.5) is 0 Å². The Morgan fingerprint density at radius 2 is 2.00 bits per heavy atom. The molecule has 0 radical (unpaired) electrons. The second-order valence-electron chi connectivity index (χ2n) is 2.02. The minimum Gasteiger partial charge on any atom is -0.462 e. The Morgan fingerprint density at radius 3 is 2.36 bits per heavy atom. The van der Waals surface area contributed by atoms with Gasteiger partial charge in [-0.15, -0.1) is 0 Å².